The van der Waals surface area contributed by atoms with Gasteiger partial charge in [-0.15, -0.1) is 11.3 Å². The predicted octanol–water partition coefficient (Wildman–Crippen LogP) is 3.52. The first-order valence-corrected chi connectivity index (χ1v) is 10.4. The quantitative estimate of drug-likeness (QED) is 0.506. The van der Waals surface area contributed by atoms with E-state index in [-0.39, 0.29) is 17.2 Å². The summed E-state index contributed by atoms with van der Waals surface area (Å²) in [6.07, 6.45) is 0.634. The molecule has 2 aromatic heterocycles. The van der Waals surface area contributed by atoms with Crippen LogP contribution in [-0.2, 0) is 11.2 Å². The molecule has 1 amide bonds. The zero-order valence-corrected chi connectivity index (χ0v) is 17.0. The number of nitrogens with zero attached hydrogens (tertiary/aromatic N) is 3. The van der Waals surface area contributed by atoms with Crippen molar-refractivity contribution in [2.24, 2.45) is 0 Å². The van der Waals surface area contributed by atoms with E-state index in [0.29, 0.717) is 28.0 Å². The number of carbonyl (C=O) groups excluding carboxylic acids is 1. The summed E-state index contributed by atoms with van der Waals surface area (Å²) < 4.78 is 0. The zero-order valence-electron chi connectivity index (χ0n) is 15.4. The Morgan fingerprint density at radius 2 is 2.00 bits per heavy atom. The summed E-state index contributed by atoms with van der Waals surface area (Å²) in [4.78, 5) is 37.7. The molecule has 0 spiro atoms. The second-order valence-corrected chi connectivity index (χ2v) is 7.71. The number of thiazole rings is 1. The fourth-order valence-corrected chi connectivity index (χ4v) is 4.20. The van der Waals surface area contributed by atoms with E-state index >= 15 is 0 Å². The third-order valence-corrected chi connectivity index (χ3v) is 5.88. The highest BCUT2D eigenvalue weighted by molar-refractivity contribution is 7.99. The number of aromatic nitrogens is 3. The van der Waals surface area contributed by atoms with Gasteiger partial charge in [0, 0.05) is 29.2 Å². The van der Waals surface area contributed by atoms with Crippen LogP contribution in [0.2, 0.25) is 0 Å². The molecule has 27 heavy (non-hydrogen) atoms. The molecule has 0 aliphatic carbocycles. The standard InChI is InChI=1S/C19H20N4O2S2/c1-4-14-12(2)20-18(22-17(14)25)26-11-16(24)23(3)19-21-15(10-27-19)13-8-6-5-7-9-13/h5-10H,4,11H2,1-3H3,(H,20,22,25). The van der Waals surface area contributed by atoms with Gasteiger partial charge >= 0.3 is 0 Å². The van der Waals surface area contributed by atoms with E-state index in [1.807, 2.05) is 49.6 Å². The average molecular weight is 401 g/mol. The summed E-state index contributed by atoms with van der Waals surface area (Å²) in [6, 6.07) is 9.84. The van der Waals surface area contributed by atoms with Gasteiger partial charge in [-0.05, 0) is 13.3 Å². The van der Waals surface area contributed by atoms with Crippen molar-refractivity contribution < 1.29 is 4.79 Å². The summed E-state index contributed by atoms with van der Waals surface area (Å²) in [6.45, 7) is 3.73. The Morgan fingerprint density at radius 1 is 1.26 bits per heavy atom. The molecule has 3 aromatic rings. The molecule has 0 atom stereocenters. The minimum absolute atomic E-state index is 0.103. The number of carbonyl (C=O) groups is 1. The van der Waals surface area contributed by atoms with Gasteiger partial charge in [0.05, 0.1) is 11.4 Å². The summed E-state index contributed by atoms with van der Waals surface area (Å²) >= 11 is 2.64. The number of aromatic amines is 1. The van der Waals surface area contributed by atoms with Gasteiger partial charge in [0.2, 0.25) is 5.91 Å². The molecule has 0 saturated carbocycles. The number of anilines is 1. The van der Waals surface area contributed by atoms with Crippen molar-refractivity contribution in [3.05, 3.63) is 57.3 Å². The lowest BCUT2D eigenvalue weighted by molar-refractivity contribution is -0.115. The molecule has 2 heterocycles. The van der Waals surface area contributed by atoms with Gasteiger partial charge < -0.3 is 4.98 Å². The van der Waals surface area contributed by atoms with Crippen LogP contribution < -0.4 is 10.5 Å². The van der Waals surface area contributed by atoms with Crippen LogP contribution in [0.1, 0.15) is 18.2 Å². The van der Waals surface area contributed by atoms with Crippen LogP contribution in [0.15, 0.2) is 45.7 Å². The van der Waals surface area contributed by atoms with Crippen LogP contribution in [0.3, 0.4) is 0 Å². The fourth-order valence-electron chi connectivity index (χ4n) is 2.56. The number of nitrogens with one attached hydrogen (secondary N) is 1. The van der Waals surface area contributed by atoms with E-state index in [1.165, 1.54) is 28.0 Å². The number of H-pyrrole nitrogens is 1. The predicted molar refractivity (Wildman–Crippen MR) is 111 cm³/mol. The summed E-state index contributed by atoms with van der Waals surface area (Å²) in [7, 11) is 1.71. The molecule has 0 radical (unpaired) electrons. The first-order valence-electron chi connectivity index (χ1n) is 8.49. The van der Waals surface area contributed by atoms with E-state index in [0.717, 1.165) is 11.3 Å². The van der Waals surface area contributed by atoms with Crippen molar-refractivity contribution >= 4 is 34.1 Å². The van der Waals surface area contributed by atoms with Gasteiger partial charge in [-0.3, -0.25) is 14.5 Å². The Kier molecular flexibility index (Phi) is 6.08. The molecular weight excluding hydrogens is 380 g/mol. The van der Waals surface area contributed by atoms with Crippen LogP contribution in [0, 0.1) is 6.92 Å². The number of hydrogen-bond acceptors (Lipinski definition) is 6. The average Bonchev–Trinajstić information content (AvgIpc) is 3.16. The molecule has 0 fully saturated rings. The van der Waals surface area contributed by atoms with Crippen molar-refractivity contribution in [1.82, 2.24) is 15.0 Å². The second-order valence-electron chi connectivity index (χ2n) is 5.91. The van der Waals surface area contributed by atoms with Crippen molar-refractivity contribution in [2.45, 2.75) is 25.4 Å². The minimum atomic E-state index is -0.138. The van der Waals surface area contributed by atoms with Gasteiger partial charge in [-0.2, -0.15) is 0 Å². The van der Waals surface area contributed by atoms with Crippen molar-refractivity contribution in [3.63, 3.8) is 0 Å². The van der Waals surface area contributed by atoms with Gasteiger partial charge in [0.15, 0.2) is 10.3 Å². The first-order chi connectivity index (χ1) is 13.0. The van der Waals surface area contributed by atoms with Gasteiger partial charge in [0.25, 0.3) is 5.56 Å². The Morgan fingerprint density at radius 3 is 2.67 bits per heavy atom. The maximum absolute atomic E-state index is 12.5. The van der Waals surface area contributed by atoms with Crippen LogP contribution in [-0.4, -0.2) is 33.7 Å². The van der Waals surface area contributed by atoms with E-state index in [1.54, 1.807) is 7.05 Å². The van der Waals surface area contributed by atoms with Crippen LogP contribution in [0.25, 0.3) is 11.3 Å². The number of rotatable bonds is 6. The Balaban J connectivity index is 1.66. The molecule has 6 nitrogen and oxygen atoms in total. The molecule has 0 saturated heterocycles. The molecule has 0 unspecified atom stereocenters. The lowest BCUT2D eigenvalue weighted by atomic mass is 10.2. The summed E-state index contributed by atoms with van der Waals surface area (Å²) in [5.41, 5.74) is 3.11. The molecule has 140 valence electrons. The van der Waals surface area contributed by atoms with Crippen LogP contribution in [0.5, 0.6) is 0 Å². The maximum Gasteiger partial charge on any atom is 0.254 e. The number of benzene rings is 1. The monoisotopic (exact) mass is 400 g/mol. The number of hydrogen-bond donors (Lipinski definition) is 1. The highest BCUT2D eigenvalue weighted by atomic mass is 32.2. The highest BCUT2D eigenvalue weighted by Gasteiger charge is 2.16. The third-order valence-electron chi connectivity index (χ3n) is 4.11. The smallest absolute Gasteiger partial charge is 0.254 e. The van der Waals surface area contributed by atoms with E-state index in [4.69, 9.17) is 0 Å². The lowest BCUT2D eigenvalue weighted by Crippen LogP contribution is -2.28. The highest BCUT2D eigenvalue weighted by Crippen LogP contribution is 2.27. The normalized spacial score (nSPS) is 10.8. The molecule has 1 N–H and O–H groups in total. The van der Waals surface area contributed by atoms with Gasteiger partial charge in [-0.25, -0.2) is 9.97 Å². The van der Waals surface area contributed by atoms with Crippen LogP contribution >= 0.6 is 23.1 Å². The van der Waals surface area contributed by atoms with E-state index in [2.05, 4.69) is 15.0 Å². The van der Waals surface area contributed by atoms with Gasteiger partial charge in [0.1, 0.15) is 0 Å². The number of thioether (sulfide) groups is 1. The third kappa shape index (κ3) is 4.45. The topological polar surface area (TPSA) is 79.0 Å². The van der Waals surface area contributed by atoms with Gasteiger partial charge in [-0.1, -0.05) is 49.0 Å². The zero-order chi connectivity index (χ0) is 19.4. The van der Waals surface area contributed by atoms with Crippen molar-refractivity contribution in [2.75, 3.05) is 17.7 Å². The summed E-state index contributed by atoms with van der Waals surface area (Å²) in [5.74, 6) is 0.0683. The molecule has 0 aliphatic rings. The molecule has 0 bridgehead atoms. The first kappa shape index (κ1) is 19.3. The minimum Gasteiger partial charge on any atom is -0.301 e. The Labute approximate surface area is 165 Å². The van der Waals surface area contributed by atoms with Crippen molar-refractivity contribution in [3.8, 4) is 11.3 Å². The van der Waals surface area contributed by atoms with Crippen molar-refractivity contribution in [1.29, 1.82) is 0 Å². The second kappa shape index (κ2) is 8.49. The molecule has 1 aromatic carbocycles. The number of amides is 1. The molecule has 8 heteroatoms. The molecular formula is C19H20N4O2S2. The van der Waals surface area contributed by atoms with Crippen LogP contribution in [0.4, 0.5) is 5.13 Å². The lowest BCUT2D eigenvalue weighted by Gasteiger charge is -2.13. The van der Waals surface area contributed by atoms with E-state index in [9.17, 15) is 9.59 Å². The Bertz CT molecular complexity index is 998. The molecule has 3 rings (SSSR count). The summed E-state index contributed by atoms with van der Waals surface area (Å²) in [5, 5.41) is 3.03. The fraction of sp³-hybridized carbons (Fsp3) is 0.263. The molecule has 0 aliphatic heterocycles. The Hall–Kier alpha value is -2.45. The maximum atomic E-state index is 12.5. The number of aryl methyl sites for hydroxylation is 1. The van der Waals surface area contributed by atoms with E-state index < -0.39 is 0 Å². The SMILES string of the molecule is CCc1c(C)nc(SCC(=O)N(C)c2nc(-c3ccccc3)cs2)[nH]c1=O. The largest absolute Gasteiger partial charge is 0.301 e.